The Bertz CT molecular complexity index is 1610. The van der Waals surface area contributed by atoms with E-state index >= 15 is 0 Å². The van der Waals surface area contributed by atoms with E-state index in [1.165, 1.54) is 20.0 Å². The van der Waals surface area contributed by atoms with Crippen molar-refractivity contribution in [2.75, 3.05) is 40.5 Å². The van der Waals surface area contributed by atoms with Crippen LogP contribution in [0.15, 0.2) is 60.7 Å². The summed E-state index contributed by atoms with van der Waals surface area (Å²) in [7, 11) is 3.05. The van der Waals surface area contributed by atoms with Crippen LogP contribution < -0.4 is 34.3 Å². The molecule has 7 heterocycles. The first-order chi connectivity index (χ1) is 23.4. The zero-order valence-electron chi connectivity index (χ0n) is 27.5. The molecule has 3 aromatic rings. The molecule has 11 rings (SSSR count). The summed E-state index contributed by atoms with van der Waals surface area (Å²) in [6.45, 7) is 1.63. The van der Waals surface area contributed by atoms with Gasteiger partial charge in [-0.1, -0.05) is 18.9 Å². The SMILES string of the molecule is COc1cc2ccc1Oc1ccc(cc1OC)C(=O)NCCOc1ccc(cc1)OC1(CCN(C(=O)CC3CCCC3)CC1)C(=O)NC2. The van der Waals surface area contributed by atoms with Gasteiger partial charge in [-0.2, -0.15) is 0 Å². The molecule has 8 aliphatic rings. The van der Waals surface area contributed by atoms with Crippen molar-refractivity contribution in [1.82, 2.24) is 15.5 Å². The van der Waals surface area contributed by atoms with E-state index in [0.717, 1.165) is 18.4 Å². The second kappa shape index (κ2) is 14.9. The first-order valence-electron chi connectivity index (χ1n) is 16.6. The maximum atomic E-state index is 14.0. The van der Waals surface area contributed by atoms with Gasteiger partial charge in [0.2, 0.25) is 5.91 Å². The second-order valence-corrected chi connectivity index (χ2v) is 12.5. The van der Waals surface area contributed by atoms with Crippen LogP contribution in [0.25, 0.3) is 0 Å². The smallest absolute Gasteiger partial charge is 0.264 e. The molecule has 0 radical (unpaired) electrons. The van der Waals surface area contributed by atoms with Gasteiger partial charge in [0.1, 0.15) is 18.1 Å². The number of nitrogens with zero attached hydrogens (tertiary/aromatic N) is 1. The molecule has 2 N–H and O–H groups in total. The van der Waals surface area contributed by atoms with E-state index in [1.807, 2.05) is 11.0 Å². The fourth-order valence-electron chi connectivity index (χ4n) is 6.61. The number of hydrogen-bond donors (Lipinski definition) is 2. The number of ether oxygens (including phenoxy) is 5. The van der Waals surface area contributed by atoms with Gasteiger partial charge in [0.15, 0.2) is 28.6 Å². The molecule has 0 aromatic heterocycles. The number of benzene rings is 3. The van der Waals surface area contributed by atoms with Crippen LogP contribution in [0, 0.1) is 5.92 Å². The van der Waals surface area contributed by atoms with Crippen LogP contribution in [0.2, 0.25) is 0 Å². The third-order valence-electron chi connectivity index (χ3n) is 9.40. The number of amides is 3. The minimum Gasteiger partial charge on any atom is -0.493 e. The Hall–Kier alpha value is -4.93. The van der Waals surface area contributed by atoms with Gasteiger partial charge in [0.25, 0.3) is 11.8 Å². The first kappa shape index (κ1) is 33.0. The predicted molar refractivity (Wildman–Crippen MR) is 178 cm³/mol. The maximum Gasteiger partial charge on any atom is 0.264 e. The summed E-state index contributed by atoms with van der Waals surface area (Å²) < 4.78 is 29.6. The minimum absolute atomic E-state index is 0.159. The van der Waals surface area contributed by atoms with Crippen LogP contribution in [0.3, 0.4) is 0 Å². The summed E-state index contributed by atoms with van der Waals surface area (Å²) in [6.07, 6.45) is 5.92. The molecule has 1 spiro atoms. The summed E-state index contributed by atoms with van der Waals surface area (Å²) in [4.78, 5) is 41.8. The van der Waals surface area contributed by atoms with Gasteiger partial charge in [-0.05, 0) is 78.9 Å². The molecule has 6 bridgehead atoms. The molecular formula is C37H43N3O8. The molecule has 254 valence electrons. The molecular weight excluding hydrogens is 614 g/mol. The molecule has 1 aliphatic carbocycles. The summed E-state index contributed by atoms with van der Waals surface area (Å²) in [5.74, 6) is 2.91. The largest absolute Gasteiger partial charge is 0.493 e. The fraction of sp³-hybridized carbons (Fsp3) is 0.432. The standard InChI is InChI=1S/C37H43N3O8/c1-44-32-21-26-7-13-30(32)47-31-14-8-27(23-33(31)45-2)35(42)38-17-20-46-28-9-11-29(12-10-28)48-37(36(43)39-24-26)15-18-40(19-16-37)34(41)22-25-5-3-4-6-25/h7-14,21,23,25H,3-6,15-20,22,24H2,1-2H3,(H,38,42)(H,39,43). The quantitative estimate of drug-likeness (QED) is 0.390. The van der Waals surface area contributed by atoms with Crippen LogP contribution >= 0.6 is 0 Å². The average molecular weight is 658 g/mol. The van der Waals surface area contributed by atoms with E-state index in [4.69, 9.17) is 23.7 Å². The minimum atomic E-state index is -1.16. The van der Waals surface area contributed by atoms with Crippen LogP contribution in [-0.2, 0) is 16.1 Å². The lowest BCUT2D eigenvalue weighted by Gasteiger charge is -2.41. The van der Waals surface area contributed by atoms with E-state index < -0.39 is 5.60 Å². The van der Waals surface area contributed by atoms with Crippen LogP contribution in [0.1, 0.15) is 60.9 Å². The number of carbonyl (C=O) groups excluding carboxylic acids is 3. The van der Waals surface area contributed by atoms with Crippen molar-refractivity contribution in [3.05, 3.63) is 71.8 Å². The normalized spacial score (nSPS) is 18.4. The van der Waals surface area contributed by atoms with Gasteiger partial charge >= 0.3 is 0 Å². The van der Waals surface area contributed by atoms with E-state index in [1.54, 1.807) is 61.7 Å². The molecule has 11 nitrogen and oxygen atoms in total. The summed E-state index contributed by atoms with van der Waals surface area (Å²) in [6, 6.07) is 17.4. The molecule has 3 amide bonds. The van der Waals surface area contributed by atoms with Crippen LogP contribution in [0.4, 0.5) is 0 Å². The molecule has 1 saturated heterocycles. The number of hydrogen-bond acceptors (Lipinski definition) is 8. The Balaban J connectivity index is 1.24. The Morgan fingerprint density at radius 2 is 1.54 bits per heavy atom. The Morgan fingerprint density at radius 3 is 2.25 bits per heavy atom. The van der Waals surface area contributed by atoms with Crippen molar-refractivity contribution in [1.29, 1.82) is 0 Å². The van der Waals surface area contributed by atoms with Gasteiger partial charge in [0, 0.05) is 44.5 Å². The topological polar surface area (TPSA) is 125 Å². The molecule has 0 atom stereocenters. The second-order valence-electron chi connectivity index (χ2n) is 12.5. The third kappa shape index (κ3) is 7.61. The number of likely N-dealkylation sites (tertiary alicyclic amines) is 1. The molecule has 1 saturated carbocycles. The first-order valence-corrected chi connectivity index (χ1v) is 16.6. The highest BCUT2D eigenvalue weighted by Crippen LogP contribution is 2.38. The number of nitrogens with one attached hydrogen (secondary N) is 2. The summed E-state index contributed by atoms with van der Waals surface area (Å²) in [5, 5.41) is 5.94. The molecule has 0 unspecified atom stereocenters. The monoisotopic (exact) mass is 657 g/mol. The van der Waals surface area contributed by atoms with Gasteiger partial charge in [0.05, 0.1) is 20.8 Å². The lowest BCUT2D eigenvalue weighted by molar-refractivity contribution is -0.147. The predicted octanol–water partition coefficient (Wildman–Crippen LogP) is 5.26. The summed E-state index contributed by atoms with van der Waals surface area (Å²) >= 11 is 0. The lowest BCUT2D eigenvalue weighted by Crippen LogP contribution is -2.58. The highest BCUT2D eigenvalue weighted by atomic mass is 16.5. The maximum absolute atomic E-state index is 14.0. The van der Waals surface area contributed by atoms with Crippen molar-refractivity contribution in [3.63, 3.8) is 0 Å². The van der Waals surface area contributed by atoms with Gasteiger partial charge in [-0.3, -0.25) is 14.4 Å². The zero-order valence-corrected chi connectivity index (χ0v) is 27.5. The van der Waals surface area contributed by atoms with E-state index in [-0.39, 0.29) is 37.4 Å². The third-order valence-corrected chi connectivity index (χ3v) is 9.40. The number of carbonyl (C=O) groups is 3. The highest BCUT2D eigenvalue weighted by molar-refractivity contribution is 5.95. The Labute approximate surface area is 280 Å². The number of rotatable bonds is 4. The lowest BCUT2D eigenvalue weighted by atomic mass is 9.89. The number of methoxy groups -OCH3 is 2. The highest BCUT2D eigenvalue weighted by Gasteiger charge is 2.45. The number of piperidine rings is 1. The fourth-order valence-corrected chi connectivity index (χ4v) is 6.61. The van der Waals surface area contributed by atoms with Crippen LogP contribution in [0.5, 0.6) is 34.5 Å². The van der Waals surface area contributed by atoms with Crippen molar-refractivity contribution in [2.24, 2.45) is 5.92 Å². The van der Waals surface area contributed by atoms with Crippen LogP contribution in [-0.4, -0.2) is 68.7 Å². The zero-order chi connectivity index (χ0) is 33.5. The molecule has 7 aliphatic heterocycles. The molecule has 2 fully saturated rings. The van der Waals surface area contributed by atoms with Gasteiger partial charge in [-0.25, -0.2) is 0 Å². The van der Waals surface area contributed by atoms with Crippen molar-refractivity contribution in [2.45, 2.75) is 57.1 Å². The summed E-state index contributed by atoms with van der Waals surface area (Å²) in [5.41, 5.74) is 0.0442. The van der Waals surface area contributed by atoms with E-state index in [2.05, 4.69) is 10.6 Å². The van der Waals surface area contributed by atoms with E-state index in [9.17, 15) is 14.4 Å². The van der Waals surface area contributed by atoms with Gasteiger partial charge in [-0.15, -0.1) is 0 Å². The molecule has 48 heavy (non-hydrogen) atoms. The Morgan fingerprint density at radius 1 is 0.875 bits per heavy atom. The van der Waals surface area contributed by atoms with E-state index in [0.29, 0.717) is 78.3 Å². The average Bonchev–Trinajstić information content (AvgIpc) is 3.63. The molecule has 3 aromatic carbocycles. The van der Waals surface area contributed by atoms with Crippen molar-refractivity contribution in [3.8, 4) is 34.5 Å². The van der Waals surface area contributed by atoms with Crippen molar-refractivity contribution >= 4 is 17.7 Å². The molecule has 11 heteroatoms. The van der Waals surface area contributed by atoms with Gasteiger partial charge < -0.3 is 39.2 Å². The Kier molecular flexibility index (Phi) is 10.2. The van der Waals surface area contributed by atoms with Crippen molar-refractivity contribution < 1.29 is 38.1 Å².